The standard InChI is InChI=1S/C19H18N6O/c1-2-4-16-15(3-1)19(21-13-20-16)25-9-7-24(8-10-25)12-14-5-6-17-18(11-14)23-26-22-17/h1-6,11,13H,7-10,12H2. The molecule has 1 aliphatic heterocycles. The minimum Gasteiger partial charge on any atom is -0.353 e. The second kappa shape index (κ2) is 6.34. The van der Waals surface area contributed by atoms with Gasteiger partial charge in [0.25, 0.3) is 0 Å². The number of hydrogen-bond donors (Lipinski definition) is 0. The molecule has 0 aliphatic carbocycles. The third-order valence-electron chi connectivity index (χ3n) is 4.92. The van der Waals surface area contributed by atoms with E-state index in [1.54, 1.807) is 6.33 Å². The molecule has 1 fully saturated rings. The quantitative estimate of drug-likeness (QED) is 0.564. The van der Waals surface area contributed by atoms with Gasteiger partial charge in [0.05, 0.1) is 5.52 Å². The zero-order chi connectivity index (χ0) is 17.3. The summed E-state index contributed by atoms with van der Waals surface area (Å²) in [6.45, 7) is 4.80. The van der Waals surface area contributed by atoms with Crippen LogP contribution in [-0.2, 0) is 6.54 Å². The van der Waals surface area contributed by atoms with E-state index in [1.165, 1.54) is 5.56 Å². The highest BCUT2D eigenvalue weighted by Crippen LogP contribution is 2.24. The molecule has 0 spiro atoms. The van der Waals surface area contributed by atoms with Crippen molar-refractivity contribution in [3.63, 3.8) is 0 Å². The highest BCUT2D eigenvalue weighted by molar-refractivity contribution is 5.89. The predicted octanol–water partition coefficient (Wildman–Crippen LogP) is 2.49. The highest BCUT2D eigenvalue weighted by Gasteiger charge is 2.20. The predicted molar refractivity (Wildman–Crippen MR) is 98.8 cm³/mol. The van der Waals surface area contributed by atoms with Crippen LogP contribution in [0, 0.1) is 0 Å². The van der Waals surface area contributed by atoms with Crippen LogP contribution in [0.1, 0.15) is 5.56 Å². The number of nitrogens with zero attached hydrogens (tertiary/aromatic N) is 6. The van der Waals surface area contributed by atoms with Crippen LogP contribution in [0.25, 0.3) is 21.9 Å². The molecular formula is C19H18N6O. The summed E-state index contributed by atoms with van der Waals surface area (Å²) in [7, 11) is 0. The van der Waals surface area contributed by atoms with Gasteiger partial charge in [-0.1, -0.05) is 18.2 Å². The largest absolute Gasteiger partial charge is 0.353 e. The van der Waals surface area contributed by atoms with Crippen LogP contribution in [-0.4, -0.2) is 51.4 Å². The van der Waals surface area contributed by atoms with Crippen molar-refractivity contribution in [3.05, 3.63) is 54.4 Å². The lowest BCUT2D eigenvalue weighted by atomic mass is 10.1. The highest BCUT2D eigenvalue weighted by atomic mass is 16.6. The summed E-state index contributed by atoms with van der Waals surface area (Å²) >= 11 is 0. The van der Waals surface area contributed by atoms with Gasteiger partial charge >= 0.3 is 0 Å². The Labute approximate surface area is 150 Å². The molecule has 0 saturated carbocycles. The fraction of sp³-hybridized carbons (Fsp3) is 0.263. The molecule has 0 N–H and O–H groups in total. The summed E-state index contributed by atoms with van der Waals surface area (Å²) in [5, 5.41) is 8.90. The number of anilines is 1. The monoisotopic (exact) mass is 346 g/mol. The van der Waals surface area contributed by atoms with E-state index in [4.69, 9.17) is 4.63 Å². The van der Waals surface area contributed by atoms with Crippen LogP contribution in [0.15, 0.2) is 53.4 Å². The lowest BCUT2D eigenvalue weighted by Crippen LogP contribution is -2.46. The third kappa shape index (κ3) is 2.76. The van der Waals surface area contributed by atoms with E-state index in [2.05, 4.69) is 48.3 Å². The Morgan fingerprint density at radius 3 is 2.62 bits per heavy atom. The zero-order valence-corrected chi connectivity index (χ0v) is 14.2. The molecule has 1 saturated heterocycles. The molecule has 26 heavy (non-hydrogen) atoms. The summed E-state index contributed by atoms with van der Waals surface area (Å²) in [6, 6.07) is 14.3. The van der Waals surface area contributed by atoms with Crippen molar-refractivity contribution in [2.75, 3.05) is 31.1 Å². The average molecular weight is 346 g/mol. The van der Waals surface area contributed by atoms with Gasteiger partial charge in [-0.2, -0.15) is 0 Å². The van der Waals surface area contributed by atoms with Crippen LogP contribution in [0.5, 0.6) is 0 Å². The first kappa shape index (κ1) is 15.2. The number of piperazine rings is 1. The molecule has 0 amide bonds. The fourth-order valence-corrected chi connectivity index (χ4v) is 3.54. The molecule has 2 aromatic heterocycles. The van der Waals surface area contributed by atoms with Gasteiger partial charge in [-0.25, -0.2) is 14.6 Å². The van der Waals surface area contributed by atoms with Crippen molar-refractivity contribution >= 4 is 27.8 Å². The average Bonchev–Trinajstić information content (AvgIpc) is 3.16. The number of rotatable bonds is 3. The maximum Gasteiger partial charge on any atom is 0.139 e. The first-order valence-electron chi connectivity index (χ1n) is 8.75. The van der Waals surface area contributed by atoms with E-state index < -0.39 is 0 Å². The summed E-state index contributed by atoms with van der Waals surface area (Å²) in [5.74, 6) is 1.03. The van der Waals surface area contributed by atoms with Gasteiger partial charge in [0.2, 0.25) is 0 Å². The molecule has 2 aromatic carbocycles. The van der Waals surface area contributed by atoms with E-state index in [1.807, 2.05) is 24.3 Å². The molecule has 3 heterocycles. The normalized spacial score (nSPS) is 15.8. The Hall–Kier alpha value is -3.06. The zero-order valence-electron chi connectivity index (χ0n) is 14.2. The minimum absolute atomic E-state index is 0.800. The summed E-state index contributed by atoms with van der Waals surface area (Å²) in [6.07, 6.45) is 1.66. The Bertz CT molecular complexity index is 1050. The molecule has 7 heteroatoms. The van der Waals surface area contributed by atoms with E-state index in [-0.39, 0.29) is 0 Å². The maximum absolute atomic E-state index is 4.78. The van der Waals surface area contributed by atoms with Crippen LogP contribution in [0.3, 0.4) is 0 Å². The molecule has 4 aromatic rings. The van der Waals surface area contributed by atoms with E-state index in [0.29, 0.717) is 0 Å². The van der Waals surface area contributed by atoms with Crippen molar-refractivity contribution in [3.8, 4) is 0 Å². The molecule has 0 unspecified atom stereocenters. The summed E-state index contributed by atoms with van der Waals surface area (Å²) < 4.78 is 4.78. The van der Waals surface area contributed by atoms with E-state index in [0.717, 1.165) is 60.5 Å². The molecule has 5 rings (SSSR count). The van der Waals surface area contributed by atoms with Crippen LogP contribution in [0.2, 0.25) is 0 Å². The molecule has 0 atom stereocenters. The molecule has 0 radical (unpaired) electrons. The van der Waals surface area contributed by atoms with Gasteiger partial charge in [0.15, 0.2) is 0 Å². The van der Waals surface area contributed by atoms with Gasteiger partial charge in [0.1, 0.15) is 23.2 Å². The molecule has 1 aliphatic rings. The van der Waals surface area contributed by atoms with Crippen molar-refractivity contribution in [2.24, 2.45) is 0 Å². The number of aromatic nitrogens is 4. The van der Waals surface area contributed by atoms with Gasteiger partial charge in [-0.15, -0.1) is 0 Å². The number of para-hydroxylation sites is 1. The second-order valence-corrected chi connectivity index (χ2v) is 6.56. The number of hydrogen-bond acceptors (Lipinski definition) is 7. The minimum atomic E-state index is 0.800. The Balaban J connectivity index is 1.29. The van der Waals surface area contributed by atoms with Crippen molar-refractivity contribution < 1.29 is 4.63 Å². The molecule has 0 bridgehead atoms. The number of fused-ring (bicyclic) bond motifs is 2. The molecule has 7 nitrogen and oxygen atoms in total. The van der Waals surface area contributed by atoms with Crippen molar-refractivity contribution in [1.29, 1.82) is 0 Å². The SMILES string of the molecule is c1ccc2c(N3CCN(Cc4ccc5nonc5c4)CC3)ncnc2c1. The lowest BCUT2D eigenvalue weighted by Gasteiger charge is -2.35. The van der Waals surface area contributed by atoms with Crippen molar-refractivity contribution in [1.82, 2.24) is 25.2 Å². The Morgan fingerprint density at radius 1 is 0.846 bits per heavy atom. The van der Waals surface area contributed by atoms with Gasteiger partial charge in [-0.3, -0.25) is 4.90 Å². The first-order valence-corrected chi connectivity index (χ1v) is 8.75. The van der Waals surface area contributed by atoms with Gasteiger partial charge in [0, 0.05) is 38.1 Å². The maximum atomic E-state index is 4.78. The second-order valence-electron chi connectivity index (χ2n) is 6.56. The van der Waals surface area contributed by atoms with E-state index >= 15 is 0 Å². The summed E-state index contributed by atoms with van der Waals surface area (Å²) in [4.78, 5) is 13.7. The fourth-order valence-electron chi connectivity index (χ4n) is 3.54. The first-order chi connectivity index (χ1) is 12.9. The molecule has 130 valence electrons. The Morgan fingerprint density at radius 2 is 1.69 bits per heavy atom. The topological polar surface area (TPSA) is 71.2 Å². The molecular weight excluding hydrogens is 328 g/mol. The lowest BCUT2D eigenvalue weighted by molar-refractivity contribution is 0.249. The van der Waals surface area contributed by atoms with Gasteiger partial charge in [-0.05, 0) is 40.1 Å². The smallest absolute Gasteiger partial charge is 0.139 e. The Kier molecular flexibility index (Phi) is 3.71. The number of benzene rings is 2. The third-order valence-corrected chi connectivity index (χ3v) is 4.92. The van der Waals surface area contributed by atoms with Gasteiger partial charge < -0.3 is 4.90 Å². The van der Waals surface area contributed by atoms with Crippen LogP contribution >= 0.6 is 0 Å². The van der Waals surface area contributed by atoms with Crippen LogP contribution in [0.4, 0.5) is 5.82 Å². The summed E-state index contributed by atoms with van der Waals surface area (Å²) in [5.41, 5.74) is 3.84. The van der Waals surface area contributed by atoms with Crippen molar-refractivity contribution in [2.45, 2.75) is 6.54 Å². The van der Waals surface area contributed by atoms with E-state index in [9.17, 15) is 0 Å². The van der Waals surface area contributed by atoms with Crippen LogP contribution < -0.4 is 4.90 Å².